The van der Waals surface area contributed by atoms with Crippen LogP contribution in [0.4, 0.5) is 5.69 Å². The van der Waals surface area contributed by atoms with Gasteiger partial charge in [0.15, 0.2) is 0 Å². The second-order valence-electron chi connectivity index (χ2n) is 12.6. The van der Waals surface area contributed by atoms with Gasteiger partial charge < -0.3 is 24.5 Å². The molecule has 4 fully saturated rings. The smallest absolute Gasteiger partial charge is 0.248 e. The number of benzene rings is 1. The van der Waals surface area contributed by atoms with Crippen molar-refractivity contribution in [2.75, 3.05) is 24.6 Å². The monoisotopic (exact) mass is 577 g/mol. The van der Waals surface area contributed by atoms with Crippen LogP contribution in [0.1, 0.15) is 65.2 Å². The maximum Gasteiger partial charge on any atom is 0.248 e. The highest BCUT2D eigenvalue weighted by Crippen LogP contribution is 2.59. The molecule has 1 N–H and O–H groups in total. The normalized spacial score (nSPS) is 30.1. The van der Waals surface area contributed by atoms with Crippen LogP contribution in [0.25, 0.3) is 0 Å². The molecule has 2 unspecified atom stereocenters. The summed E-state index contributed by atoms with van der Waals surface area (Å²) in [5, 5.41) is 10.6. The number of aliphatic hydroxyl groups is 1. The molecule has 0 radical (unpaired) electrons. The van der Waals surface area contributed by atoms with E-state index in [1.165, 1.54) is 0 Å². The van der Waals surface area contributed by atoms with Gasteiger partial charge in [-0.15, -0.1) is 13.2 Å². The van der Waals surface area contributed by atoms with Crippen molar-refractivity contribution in [3.63, 3.8) is 0 Å². The number of amides is 3. The fraction of sp³-hybridized carbons (Fsp3) is 0.618. The van der Waals surface area contributed by atoms with Crippen molar-refractivity contribution in [1.29, 1.82) is 0 Å². The van der Waals surface area contributed by atoms with Gasteiger partial charge in [-0.1, -0.05) is 69.9 Å². The van der Waals surface area contributed by atoms with Crippen molar-refractivity contribution in [1.82, 2.24) is 9.80 Å². The van der Waals surface area contributed by atoms with Gasteiger partial charge in [0.05, 0.1) is 30.6 Å². The molecular weight excluding hydrogens is 530 g/mol. The summed E-state index contributed by atoms with van der Waals surface area (Å²) < 4.78 is 6.75. The molecule has 1 aliphatic carbocycles. The molecule has 4 aliphatic rings. The second-order valence-corrected chi connectivity index (χ2v) is 12.6. The van der Waals surface area contributed by atoms with E-state index in [-0.39, 0.29) is 36.3 Å². The van der Waals surface area contributed by atoms with Crippen LogP contribution in [-0.4, -0.2) is 82.2 Å². The summed E-state index contributed by atoms with van der Waals surface area (Å²) in [6.07, 6.45) is 9.99. The molecule has 42 heavy (non-hydrogen) atoms. The summed E-state index contributed by atoms with van der Waals surface area (Å²) in [6.45, 7) is 12.3. The van der Waals surface area contributed by atoms with Crippen molar-refractivity contribution in [3.05, 3.63) is 55.6 Å². The van der Waals surface area contributed by atoms with Gasteiger partial charge in [-0.2, -0.15) is 0 Å². The van der Waals surface area contributed by atoms with Crippen LogP contribution in [0.5, 0.6) is 0 Å². The van der Waals surface area contributed by atoms with Crippen LogP contribution in [0.2, 0.25) is 0 Å². The van der Waals surface area contributed by atoms with Gasteiger partial charge in [0.2, 0.25) is 17.7 Å². The number of hydrogen-bond acceptors (Lipinski definition) is 5. The van der Waals surface area contributed by atoms with Crippen molar-refractivity contribution in [2.45, 2.75) is 95.0 Å². The van der Waals surface area contributed by atoms with Crippen LogP contribution in [-0.2, 0) is 19.1 Å². The number of nitrogens with zero attached hydrogens (tertiary/aromatic N) is 3. The molecule has 8 heteroatoms. The number of hydrogen-bond donors (Lipinski definition) is 1. The van der Waals surface area contributed by atoms with Crippen molar-refractivity contribution < 1.29 is 24.2 Å². The summed E-state index contributed by atoms with van der Waals surface area (Å²) >= 11 is 0. The minimum Gasteiger partial charge on any atom is -0.394 e. The van der Waals surface area contributed by atoms with E-state index in [1.54, 1.807) is 22.0 Å². The Hall–Kier alpha value is -2.97. The molecule has 7 atom stereocenters. The zero-order chi connectivity index (χ0) is 30.0. The number of carbonyl (C=O) groups is 3. The summed E-state index contributed by atoms with van der Waals surface area (Å²) in [5.41, 5.74) is -0.374. The minimum absolute atomic E-state index is 0.0417. The number of anilines is 1. The SMILES string of the molecule is C=CCN(C(=O)[C@@H]1[C@@H]2CCC3(O2)C(C(=O)N(CC=C)C2CCCCC2)N([C@@H](CO)[C@@H](C)CC)C(=O)[C@H]13)c1ccccc1. The summed E-state index contributed by atoms with van der Waals surface area (Å²) in [4.78, 5) is 49.0. The zero-order valence-electron chi connectivity index (χ0n) is 25.2. The fourth-order valence-corrected chi connectivity index (χ4v) is 8.17. The van der Waals surface area contributed by atoms with Crippen molar-refractivity contribution in [2.24, 2.45) is 17.8 Å². The van der Waals surface area contributed by atoms with Crippen LogP contribution in [0, 0.1) is 17.8 Å². The van der Waals surface area contributed by atoms with Gasteiger partial charge in [0.1, 0.15) is 11.6 Å². The third-order valence-electron chi connectivity index (χ3n) is 10.4. The molecule has 3 amide bonds. The van der Waals surface area contributed by atoms with E-state index < -0.39 is 35.6 Å². The number of rotatable bonds is 12. The van der Waals surface area contributed by atoms with Gasteiger partial charge in [0.25, 0.3) is 0 Å². The molecule has 1 aromatic rings. The minimum atomic E-state index is -1.11. The Kier molecular flexibility index (Phi) is 9.23. The Morgan fingerprint density at radius 3 is 2.40 bits per heavy atom. The number of aliphatic hydroxyl groups excluding tert-OH is 1. The topological polar surface area (TPSA) is 90.4 Å². The van der Waals surface area contributed by atoms with Gasteiger partial charge in [-0.05, 0) is 43.7 Å². The molecule has 1 spiro atoms. The summed E-state index contributed by atoms with van der Waals surface area (Å²) in [7, 11) is 0. The standard InChI is InChI=1S/C34H47N3O5/c1-5-20-35(24-14-10-8-11-15-24)31(39)28-27-18-19-34(42-27)29(28)32(40)37(26(22-38)23(4)7-3)30(34)33(41)36(21-6-2)25-16-12-9-13-17-25/h5-6,8,10-11,14-15,23,25-30,38H,1-2,7,9,12-13,16-22H2,3-4H3/t23-,26-,27-,28+,29-,30?,34?/m0/s1. The van der Waals surface area contributed by atoms with E-state index in [0.29, 0.717) is 25.9 Å². The molecule has 1 aromatic carbocycles. The first-order valence-corrected chi connectivity index (χ1v) is 15.8. The first-order valence-electron chi connectivity index (χ1n) is 15.8. The number of likely N-dealkylation sites (tertiary alicyclic amines) is 1. The number of carbonyl (C=O) groups excluding carboxylic acids is 3. The lowest BCUT2D eigenvalue weighted by atomic mass is 9.70. The Morgan fingerprint density at radius 1 is 1.10 bits per heavy atom. The lowest BCUT2D eigenvalue weighted by Gasteiger charge is -2.43. The summed E-state index contributed by atoms with van der Waals surface area (Å²) in [5.74, 6) is -2.12. The predicted octanol–water partition coefficient (Wildman–Crippen LogP) is 4.33. The van der Waals surface area contributed by atoms with E-state index in [2.05, 4.69) is 13.2 Å². The van der Waals surface area contributed by atoms with E-state index in [0.717, 1.165) is 44.2 Å². The van der Waals surface area contributed by atoms with Gasteiger partial charge in [0, 0.05) is 24.8 Å². The summed E-state index contributed by atoms with van der Waals surface area (Å²) in [6, 6.07) is 8.05. The van der Waals surface area contributed by atoms with Crippen LogP contribution >= 0.6 is 0 Å². The fourth-order valence-electron chi connectivity index (χ4n) is 8.17. The highest BCUT2D eigenvalue weighted by atomic mass is 16.5. The number of ether oxygens (including phenoxy) is 1. The Morgan fingerprint density at radius 2 is 1.79 bits per heavy atom. The molecule has 3 aliphatic heterocycles. The Labute approximate surface area is 250 Å². The van der Waals surface area contributed by atoms with E-state index >= 15 is 0 Å². The highest BCUT2D eigenvalue weighted by Gasteiger charge is 2.75. The largest absolute Gasteiger partial charge is 0.394 e. The maximum atomic E-state index is 14.8. The third-order valence-corrected chi connectivity index (χ3v) is 10.4. The molecule has 228 valence electrons. The van der Waals surface area contributed by atoms with Crippen LogP contribution in [0.15, 0.2) is 55.6 Å². The number of para-hydroxylation sites is 1. The van der Waals surface area contributed by atoms with Crippen LogP contribution in [0.3, 0.4) is 0 Å². The Bertz CT molecular complexity index is 1170. The molecule has 3 saturated heterocycles. The third kappa shape index (κ3) is 5.00. The number of fused-ring (bicyclic) bond motifs is 1. The van der Waals surface area contributed by atoms with Crippen molar-refractivity contribution in [3.8, 4) is 0 Å². The van der Waals surface area contributed by atoms with E-state index in [1.807, 2.05) is 49.1 Å². The lowest BCUT2D eigenvalue weighted by Crippen LogP contribution is -2.61. The molecule has 5 rings (SSSR count). The molecular formula is C34H47N3O5. The average molecular weight is 578 g/mol. The van der Waals surface area contributed by atoms with E-state index in [4.69, 9.17) is 4.74 Å². The molecule has 3 heterocycles. The molecule has 0 aromatic heterocycles. The predicted molar refractivity (Wildman–Crippen MR) is 163 cm³/mol. The van der Waals surface area contributed by atoms with Gasteiger partial charge >= 0.3 is 0 Å². The molecule has 1 saturated carbocycles. The average Bonchev–Trinajstić information content (AvgIpc) is 3.67. The van der Waals surface area contributed by atoms with Gasteiger partial charge in [-0.25, -0.2) is 0 Å². The molecule has 8 nitrogen and oxygen atoms in total. The van der Waals surface area contributed by atoms with Crippen LogP contribution < -0.4 is 4.90 Å². The Balaban J connectivity index is 1.58. The maximum absolute atomic E-state index is 14.8. The van der Waals surface area contributed by atoms with Gasteiger partial charge in [-0.3, -0.25) is 14.4 Å². The lowest BCUT2D eigenvalue weighted by molar-refractivity contribution is -0.154. The zero-order valence-corrected chi connectivity index (χ0v) is 25.2. The quantitative estimate of drug-likeness (QED) is 0.374. The first kappa shape index (κ1) is 30.5. The molecule has 2 bridgehead atoms. The highest BCUT2D eigenvalue weighted by molar-refractivity contribution is 6.03. The first-order chi connectivity index (χ1) is 20.3. The second kappa shape index (κ2) is 12.7. The van der Waals surface area contributed by atoms with E-state index in [9.17, 15) is 19.5 Å². The van der Waals surface area contributed by atoms with Crippen molar-refractivity contribution >= 4 is 23.4 Å².